The van der Waals surface area contributed by atoms with Crippen LogP contribution in [0.5, 0.6) is 0 Å². The van der Waals surface area contributed by atoms with Gasteiger partial charge in [0.25, 0.3) is 5.91 Å². The molecule has 0 atom stereocenters. The van der Waals surface area contributed by atoms with Crippen molar-refractivity contribution in [3.63, 3.8) is 0 Å². The number of amides is 1. The monoisotopic (exact) mass is 436 g/mol. The normalized spacial score (nSPS) is 16.0. The minimum absolute atomic E-state index is 0.0405. The highest BCUT2D eigenvalue weighted by Gasteiger charge is 2.26. The van der Waals surface area contributed by atoms with Gasteiger partial charge in [-0.2, -0.15) is 0 Å². The minimum atomic E-state index is 0.0405. The van der Waals surface area contributed by atoms with Gasteiger partial charge >= 0.3 is 0 Å². The van der Waals surface area contributed by atoms with E-state index in [2.05, 4.69) is 30.5 Å². The molecule has 2 aliphatic heterocycles. The summed E-state index contributed by atoms with van der Waals surface area (Å²) < 4.78 is 2.09. The fourth-order valence-corrected chi connectivity index (χ4v) is 4.61. The first-order valence-corrected chi connectivity index (χ1v) is 11.1. The lowest BCUT2D eigenvalue weighted by Crippen LogP contribution is -2.34. The highest BCUT2D eigenvalue weighted by molar-refractivity contribution is 6.33. The summed E-state index contributed by atoms with van der Waals surface area (Å²) in [6.07, 6.45) is 7.60. The number of anilines is 1. The Labute approximate surface area is 186 Å². The van der Waals surface area contributed by atoms with Crippen LogP contribution in [0.4, 0.5) is 5.82 Å². The predicted molar refractivity (Wildman–Crippen MR) is 120 cm³/mol. The second-order valence-corrected chi connectivity index (χ2v) is 8.76. The molecule has 0 N–H and O–H groups in total. The average molecular weight is 437 g/mol. The van der Waals surface area contributed by atoms with Crippen LogP contribution < -0.4 is 4.90 Å². The maximum atomic E-state index is 12.7. The van der Waals surface area contributed by atoms with Crippen molar-refractivity contribution >= 4 is 23.3 Å². The van der Waals surface area contributed by atoms with Crippen molar-refractivity contribution in [2.45, 2.75) is 39.8 Å². The Bertz CT molecular complexity index is 1150. The lowest BCUT2D eigenvalue weighted by atomic mass is 10.1. The summed E-state index contributed by atoms with van der Waals surface area (Å²) in [5.41, 5.74) is 4.49. The molecule has 31 heavy (non-hydrogen) atoms. The molecule has 1 fully saturated rings. The van der Waals surface area contributed by atoms with Gasteiger partial charge in [0.1, 0.15) is 17.3 Å². The molecule has 5 heterocycles. The molecule has 1 amide bonds. The third kappa shape index (κ3) is 3.78. The van der Waals surface area contributed by atoms with Gasteiger partial charge in [-0.1, -0.05) is 17.7 Å². The molecule has 160 valence electrons. The van der Waals surface area contributed by atoms with Crippen LogP contribution in [0.15, 0.2) is 30.7 Å². The molecule has 0 aliphatic carbocycles. The lowest BCUT2D eigenvalue weighted by molar-refractivity contribution is 0.0787. The number of carbonyl (C=O) groups is 1. The first-order chi connectivity index (χ1) is 15.0. The highest BCUT2D eigenvalue weighted by atomic mass is 35.5. The molecule has 3 aromatic heterocycles. The second kappa shape index (κ2) is 7.96. The molecular weight excluding hydrogens is 412 g/mol. The van der Waals surface area contributed by atoms with Gasteiger partial charge in [-0.05, 0) is 43.9 Å². The zero-order valence-corrected chi connectivity index (χ0v) is 18.6. The van der Waals surface area contributed by atoms with E-state index in [0.717, 1.165) is 73.0 Å². The lowest BCUT2D eigenvalue weighted by Gasteiger charge is -2.29. The number of pyridine rings is 2. The highest BCUT2D eigenvalue weighted by Crippen LogP contribution is 2.32. The van der Waals surface area contributed by atoms with Gasteiger partial charge in [-0.3, -0.25) is 9.78 Å². The van der Waals surface area contributed by atoms with Crippen LogP contribution in [0.3, 0.4) is 0 Å². The van der Waals surface area contributed by atoms with Gasteiger partial charge in [-0.15, -0.1) is 0 Å². The molecule has 5 rings (SSSR count). The first-order valence-electron chi connectivity index (χ1n) is 10.7. The number of aromatic nitrogens is 4. The standard InChI is InChI=1S/C23H25ClN6O/c1-15-9-16(2)22(26-11-15)17-10-20(25-12-18(17)24)30-8-7-29-13-19(27-21(29)14-30)23(31)28-5-3-4-6-28/h9-13H,3-8,14H2,1-2H3. The Morgan fingerprint density at radius 3 is 2.61 bits per heavy atom. The fraction of sp³-hybridized carbons (Fsp3) is 0.391. The van der Waals surface area contributed by atoms with Crippen LogP contribution >= 0.6 is 11.6 Å². The summed E-state index contributed by atoms with van der Waals surface area (Å²) in [6.45, 7) is 7.88. The van der Waals surface area contributed by atoms with E-state index in [0.29, 0.717) is 17.3 Å². The Morgan fingerprint density at radius 1 is 1.03 bits per heavy atom. The summed E-state index contributed by atoms with van der Waals surface area (Å²) in [6, 6.07) is 4.11. The van der Waals surface area contributed by atoms with Gasteiger partial charge in [0.05, 0.1) is 17.3 Å². The van der Waals surface area contributed by atoms with Crippen molar-refractivity contribution in [1.29, 1.82) is 0 Å². The van der Waals surface area contributed by atoms with Crippen molar-refractivity contribution in [3.8, 4) is 11.3 Å². The molecule has 0 bridgehead atoms. The number of fused-ring (bicyclic) bond motifs is 1. The molecule has 0 spiro atoms. The molecule has 7 nitrogen and oxygen atoms in total. The van der Waals surface area contributed by atoms with Crippen molar-refractivity contribution in [3.05, 3.63) is 58.4 Å². The van der Waals surface area contributed by atoms with E-state index in [1.807, 2.05) is 37.2 Å². The molecule has 0 radical (unpaired) electrons. The SMILES string of the molecule is Cc1cnc(-c2cc(N3CCn4cc(C(=O)N5CCCC5)nc4C3)ncc2Cl)c(C)c1. The van der Waals surface area contributed by atoms with Crippen molar-refractivity contribution in [1.82, 2.24) is 24.4 Å². The van der Waals surface area contributed by atoms with Crippen molar-refractivity contribution in [2.24, 2.45) is 0 Å². The largest absolute Gasteiger partial charge is 0.347 e. The minimum Gasteiger partial charge on any atom is -0.347 e. The zero-order valence-electron chi connectivity index (χ0n) is 17.8. The van der Waals surface area contributed by atoms with E-state index in [9.17, 15) is 4.79 Å². The third-order valence-corrected chi connectivity index (χ3v) is 6.35. The van der Waals surface area contributed by atoms with Gasteiger partial charge in [0, 0.05) is 50.3 Å². The average Bonchev–Trinajstić information content (AvgIpc) is 3.43. The van der Waals surface area contributed by atoms with E-state index in [-0.39, 0.29) is 5.91 Å². The molecule has 1 saturated heterocycles. The summed E-state index contributed by atoms with van der Waals surface area (Å²) in [4.78, 5) is 30.6. The number of imidazole rings is 1. The number of rotatable bonds is 3. The topological polar surface area (TPSA) is 67.2 Å². The smallest absolute Gasteiger partial charge is 0.274 e. The van der Waals surface area contributed by atoms with Gasteiger partial charge < -0.3 is 14.4 Å². The Balaban J connectivity index is 1.41. The Kier molecular flexibility index (Phi) is 5.14. The summed E-state index contributed by atoms with van der Waals surface area (Å²) >= 11 is 6.48. The van der Waals surface area contributed by atoms with E-state index < -0.39 is 0 Å². The molecule has 0 aromatic carbocycles. The Morgan fingerprint density at radius 2 is 1.84 bits per heavy atom. The molecule has 0 saturated carbocycles. The number of nitrogens with zero attached hydrogens (tertiary/aromatic N) is 6. The first kappa shape index (κ1) is 20.0. The zero-order chi connectivity index (χ0) is 21.5. The number of halogens is 1. The number of hydrogen-bond donors (Lipinski definition) is 0. The molecule has 3 aromatic rings. The maximum Gasteiger partial charge on any atom is 0.274 e. The number of aryl methyl sites for hydroxylation is 2. The van der Waals surface area contributed by atoms with E-state index in [1.54, 1.807) is 6.20 Å². The maximum absolute atomic E-state index is 12.7. The molecule has 2 aliphatic rings. The van der Waals surface area contributed by atoms with Crippen LogP contribution in [-0.4, -0.2) is 50.0 Å². The van der Waals surface area contributed by atoms with Crippen LogP contribution in [0.2, 0.25) is 5.02 Å². The van der Waals surface area contributed by atoms with Gasteiger partial charge in [-0.25, -0.2) is 9.97 Å². The molecule has 8 heteroatoms. The molecule has 0 unspecified atom stereocenters. The third-order valence-electron chi connectivity index (χ3n) is 6.05. The number of hydrogen-bond acceptors (Lipinski definition) is 5. The van der Waals surface area contributed by atoms with E-state index in [1.165, 1.54) is 0 Å². The van der Waals surface area contributed by atoms with Gasteiger partial charge in [0.15, 0.2) is 0 Å². The van der Waals surface area contributed by atoms with Crippen LogP contribution in [0.25, 0.3) is 11.3 Å². The fourth-order valence-electron chi connectivity index (χ4n) is 4.41. The summed E-state index contributed by atoms with van der Waals surface area (Å²) in [7, 11) is 0. The number of carbonyl (C=O) groups excluding carboxylic acids is 1. The second-order valence-electron chi connectivity index (χ2n) is 8.36. The summed E-state index contributed by atoms with van der Waals surface area (Å²) in [5, 5.41) is 0.584. The predicted octanol–water partition coefficient (Wildman–Crippen LogP) is 3.87. The van der Waals surface area contributed by atoms with Crippen molar-refractivity contribution < 1.29 is 4.79 Å². The van der Waals surface area contributed by atoms with Crippen LogP contribution in [0, 0.1) is 13.8 Å². The van der Waals surface area contributed by atoms with Gasteiger partial charge in [0.2, 0.25) is 0 Å². The van der Waals surface area contributed by atoms with E-state index in [4.69, 9.17) is 11.6 Å². The van der Waals surface area contributed by atoms with Crippen molar-refractivity contribution in [2.75, 3.05) is 24.5 Å². The number of likely N-dealkylation sites (tertiary alicyclic amines) is 1. The van der Waals surface area contributed by atoms with E-state index >= 15 is 0 Å². The van der Waals surface area contributed by atoms with Crippen LogP contribution in [0.1, 0.15) is 40.3 Å². The summed E-state index contributed by atoms with van der Waals surface area (Å²) in [5.74, 6) is 1.76. The molecular formula is C23H25ClN6O. The quantitative estimate of drug-likeness (QED) is 0.623. The van der Waals surface area contributed by atoms with Crippen LogP contribution in [-0.2, 0) is 13.1 Å². The Hall–Kier alpha value is -2.93.